The third kappa shape index (κ3) is 3.36. The number of hydrogen-bond donors (Lipinski definition) is 2. The number of hydrogen-bond acceptors (Lipinski definition) is 3. The molecular formula is C13H11Cl2NO3S. The van der Waals surface area contributed by atoms with Crippen LogP contribution in [-0.2, 0) is 10.0 Å². The first-order chi connectivity index (χ1) is 9.28. The van der Waals surface area contributed by atoms with Crippen LogP contribution in [0, 0.1) is 6.92 Å². The molecule has 0 aromatic heterocycles. The lowest BCUT2D eigenvalue weighted by atomic mass is 10.2. The van der Waals surface area contributed by atoms with Crippen LogP contribution in [0.2, 0.25) is 10.0 Å². The summed E-state index contributed by atoms with van der Waals surface area (Å²) in [5.41, 5.74) is 0.906. The molecule has 0 aliphatic carbocycles. The van der Waals surface area contributed by atoms with Crippen molar-refractivity contribution in [1.29, 1.82) is 0 Å². The molecule has 20 heavy (non-hydrogen) atoms. The maximum absolute atomic E-state index is 12.2. The minimum Gasteiger partial charge on any atom is -0.506 e. The normalized spacial score (nSPS) is 11.3. The number of halogens is 2. The lowest BCUT2D eigenvalue weighted by Gasteiger charge is -2.10. The van der Waals surface area contributed by atoms with Gasteiger partial charge in [-0.25, -0.2) is 8.42 Å². The number of aromatic hydroxyl groups is 1. The third-order valence-corrected chi connectivity index (χ3v) is 4.33. The molecule has 0 bridgehead atoms. The van der Waals surface area contributed by atoms with Gasteiger partial charge in [0.05, 0.1) is 10.6 Å². The molecule has 0 atom stereocenters. The fourth-order valence-corrected chi connectivity index (χ4v) is 3.41. The molecule has 0 aliphatic heterocycles. The van der Waals surface area contributed by atoms with E-state index < -0.39 is 10.0 Å². The van der Waals surface area contributed by atoms with Gasteiger partial charge in [0.15, 0.2) is 0 Å². The SMILES string of the molecule is Cc1ccc(NS(=O)(=O)c2cc(Cl)cc(Cl)c2)c(O)c1. The molecule has 2 aromatic rings. The number of phenols is 1. The van der Waals surface area contributed by atoms with Crippen LogP contribution < -0.4 is 4.72 Å². The number of benzene rings is 2. The molecule has 7 heteroatoms. The second kappa shape index (κ2) is 5.52. The summed E-state index contributed by atoms with van der Waals surface area (Å²) in [6, 6.07) is 8.62. The number of sulfonamides is 1. The summed E-state index contributed by atoms with van der Waals surface area (Å²) >= 11 is 11.6. The second-order valence-corrected chi connectivity index (χ2v) is 6.79. The number of aryl methyl sites for hydroxylation is 1. The van der Waals surface area contributed by atoms with Crippen LogP contribution in [0.1, 0.15) is 5.56 Å². The molecule has 0 radical (unpaired) electrons. The van der Waals surface area contributed by atoms with Crippen molar-refractivity contribution in [2.45, 2.75) is 11.8 Å². The number of anilines is 1. The zero-order chi connectivity index (χ0) is 14.9. The lowest BCUT2D eigenvalue weighted by molar-refractivity contribution is 0.477. The fraction of sp³-hybridized carbons (Fsp3) is 0.0769. The first kappa shape index (κ1) is 15.0. The first-order valence-corrected chi connectivity index (χ1v) is 7.80. The van der Waals surface area contributed by atoms with Gasteiger partial charge in [0, 0.05) is 10.0 Å². The van der Waals surface area contributed by atoms with E-state index >= 15 is 0 Å². The Hall–Kier alpha value is -1.43. The molecule has 2 rings (SSSR count). The van der Waals surface area contributed by atoms with Crippen LogP contribution in [-0.4, -0.2) is 13.5 Å². The van der Waals surface area contributed by atoms with Crippen molar-refractivity contribution < 1.29 is 13.5 Å². The van der Waals surface area contributed by atoms with Crippen LogP contribution in [0.3, 0.4) is 0 Å². The minimum absolute atomic E-state index is 0.0741. The highest BCUT2D eigenvalue weighted by Gasteiger charge is 2.17. The highest BCUT2D eigenvalue weighted by Crippen LogP contribution is 2.28. The fourth-order valence-electron chi connectivity index (χ4n) is 1.62. The molecule has 106 valence electrons. The van der Waals surface area contributed by atoms with Gasteiger partial charge in [-0.2, -0.15) is 0 Å². The van der Waals surface area contributed by atoms with Crippen molar-refractivity contribution in [3.05, 3.63) is 52.0 Å². The van der Waals surface area contributed by atoms with Gasteiger partial charge in [-0.05, 0) is 42.8 Å². The summed E-state index contributed by atoms with van der Waals surface area (Å²) in [6.45, 7) is 1.79. The third-order valence-electron chi connectivity index (χ3n) is 2.54. The molecule has 0 saturated carbocycles. The summed E-state index contributed by atoms with van der Waals surface area (Å²) < 4.78 is 26.7. The van der Waals surface area contributed by atoms with E-state index in [2.05, 4.69) is 4.72 Å². The van der Waals surface area contributed by atoms with E-state index in [0.717, 1.165) is 5.56 Å². The van der Waals surface area contributed by atoms with Crippen molar-refractivity contribution in [2.24, 2.45) is 0 Å². The number of nitrogens with one attached hydrogen (secondary N) is 1. The Balaban J connectivity index is 2.40. The minimum atomic E-state index is -3.87. The van der Waals surface area contributed by atoms with Crippen molar-refractivity contribution in [3.8, 4) is 5.75 Å². The molecule has 0 spiro atoms. The average molecular weight is 332 g/mol. The lowest BCUT2D eigenvalue weighted by Crippen LogP contribution is -2.13. The van der Waals surface area contributed by atoms with E-state index in [4.69, 9.17) is 23.2 Å². The summed E-state index contributed by atoms with van der Waals surface area (Å²) in [5, 5.41) is 10.2. The van der Waals surface area contributed by atoms with Crippen LogP contribution >= 0.6 is 23.2 Å². The Bertz CT molecular complexity index is 740. The Morgan fingerprint density at radius 3 is 2.20 bits per heavy atom. The van der Waals surface area contributed by atoms with Crippen LogP contribution in [0.4, 0.5) is 5.69 Å². The van der Waals surface area contributed by atoms with Crippen molar-refractivity contribution in [2.75, 3.05) is 4.72 Å². The van der Waals surface area contributed by atoms with Gasteiger partial charge in [0.2, 0.25) is 0 Å². The molecule has 0 amide bonds. The summed E-state index contributed by atoms with van der Waals surface area (Å²) in [6.07, 6.45) is 0. The second-order valence-electron chi connectivity index (χ2n) is 4.23. The van der Waals surface area contributed by atoms with Crippen LogP contribution in [0.5, 0.6) is 5.75 Å². The van der Waals surface area contributed by atoms with E-state index in [9.17, 15) is 13.5 Å². The Morgan fingerprint density at radius 1 is 1.05 bits per heavy atom. The molecule has 4 nitrogen and oxygen atoms in total. The van der Waals surface area contributed by atoms with Crippen molar-refractivity contribution in [3.63, 3.8) is 0 Å². The van der Waals surface area contributed by atoms with E-state index in [-0.39, 0.29) is 26.4 Å². The monoisotopic (exact) mass is 331 g/mol. The van der Waals surface area contributed by atoms with Gasteiger partial charge in [0.1, 0.15) is 5.75 Å². The smallest absolute Gasteiger partial charge is 0.262 e. The quantitative estimate of drug-likeness (QED) is 0.840. The molecule has 0 aliphatic rings. The van der Waals surface area contributed by atoms with E-state index in [1.807, 2.05) is 0 Å². The van der Waals surface area contributed by atoms with Gasteiger partial charge in [0.25, 0.3) is 10.0 Å². The van der Waals surface area contributed by atoms with Gasteiger partial charge in [-0.1, -0.05) is 29.3 Å². The molecule has 0 saturated heterocycles. The van der Waals surface area contributed by atoms with E-state index in [0.29, 0.717) is 0 Å². The highest BCUT2D eigenvalue weighted by atomic mass is 35.5. The zero-order valence-electron chi connectivity index (χ0n) is 10.4. The molecule has 2 N–H and O–H groups in total. The average Bonchev–Trinajstić information content (AvgIpc) is 2.31. The van der Waals surface area contributed by atoms with E-state index in [1.54, 1.807) is 13.0 Å². The predicted molar refractivity (Wildman–Crippen MR) is 80.1 cm³/mol. The molecule has 0 heterocycles. The Morgan fingerprint density at radius 2 is 1.65 bits per heavy atom. The predicted octanol–water partition coefficient (Wildman–Crippen LogP) is 3.81. The van der Waals surface area contributed by atoms with E-state index in [1.165, 1.54) is 30.3 Å². The van der Waals surface area contributed by atoms with Gasteiger partial charge >= 0.3 is 0 Å². The Labute approximate surface area is 127 Å². The van der Waals surface area contributed by atoms with Crippen LogP contribution in [0.25, 0.3) is 0 Å². The number of rotatable bonds is 3. The largest absolute Gasteiger partial charge is 0.506 e. The van der Waals surface area contributed by atoms with Crippen molar-refractivity contribution >= 4 is 38.9 Å². The molecular weight excluding hydrogens is 321 g/mol. The molecule has 0 unspecified atom stereocenters. The van der Waals surface area contributed by atoms with Crippen molar-refractivity contribution in [1.82, 2.24) is 0 Å². The summed E-state index contributed by atoms with van der Waals surface area (Å²) in [4.78, 5) is -0.0741. The van der Waals surface area contributed by atoms with Gasteiger partial charge in [-0.3, -0.25) is 4.72 Å². The molecule has 2 aromatic carbocycles. The van der Waals surface area contributed by atoms with Gasteiger partial charge in [-0.15, -0.1) is 0 Å². The maximum Gasteiger partial charge on any atom is 0.262 e. The summed E-state index contributed by atoms with van der Waals surface area (Å²) in [7, 11) is -3.87. The standard InChI is InChI=1S/C13H11Cl2NO3S/c1-8-2-3-12(13(17)4-8)16-20(18,19)11-6-9(14)5-10(15)7-11/h2-7,16-17H,1H3. The number of phenolic OH excluding ortho intramolecular Hbond substituents is 1. The zero-order valence-corrected chi connectivity index (χ0v) is 12.7. The topological polar surface area (TPSA) is 66.4 Å². The maximum atomic E-state index is 12.2. The summed E-state index contributed by atoms with van der Waals surface area (Å²) in [5.74, 6) is -0.151. The highest BCUT2D eigenvalue weighted by molar-refractivity contribution is 7.92. The van der Waals surface area contributed by atoms with Gasteiger partial charge < -0.3 is 5.11 Å². The van der Waals surface area contributed by atoms with Crippen LogP contribution in [0.15, 0.2) is 41.3 Å². The Kier molecular flexibility index (Phi) is 4.13. The molecule has 0 fully saturated rings. The first-order valence-electron chi connectivity index (χ1n) is 5.56.